The molecular formula is C17H23BrN2O. The van der Waals surface area contributed by atoms with Crippen molar-refractivity contribution < 1.29 is 4.42 Å². The molecule has 2 N–H and O–H groups in total. The van der Waals surface area contributed by atoms with Crippen LogP contribution in [0.1, 0.15) is 38.0 Å². The molecule has 2 atom stereocenters. The lowest BCUT2D eigenvalue weighted by Gasteiger charge is -2.35. The number of benzene rings is 1. The van der Waals surface area contributed by atoms with Gasteiger partial charge < -0.3 is 10.2 Å². The van der Waals surface area contributed by atoms with Gasteiger partial charge in [-0.1, -0.05) is 15.9 Å². The Morgan fingerprint density at radius 3 is 3.10 bits per heavy atom. The van der Waals surface area contributed by atoms with Crippen LogP contribution in [0.25, 0.3) is 11.0 Å². The fourth-order valence-corrected chi connectivity index (χ4v) is 3.72. The molecule has 3 nitrogen and oxygen atoms in total. The first-order chi connectivity index (χ1) is 10.2. The van der Waals surface area contributed by atoms with Crippen LogP contribution in [0, 0.1) is 5.92 Å². The fraction of sp³-hybridized carbons (Fsp3) is 0.529. The van der Waals surface area contributed by atoms with Gasteiger partial charge in [-0.3, -0.25) is 4.90 Å². The zero-order chi connectivity index (χ0) is 14.8. The average Bonchev–Trinajstić information content (AvgIpc) is 2.90. The molecule has 3 rings (SSSR count). The standard InChI is InChI=1S/C17H23BrN2O/c1-12(20-8-2-3-13(11-20)6-7-19)17-10-14-9-15(18)4-5-16(14)21-17/h4-5,9-10,12-13H,2-3,6-8,11,19H2,1H3. The maximum Gasteiger partial charge on any atom is 0.134 e. The molecule has 1 fully saturated rings. The first kappa shape index (κ1) is 15.1. The molecule has 1 aliphatic heterocycles. The highest BCUT2D eigenvalue weighted by Crippen LogP contribution is 2.32. The van der Waals surface area contributed by atoms with E-state index in [-0.39, 0.29) is 0 Å². The Morgan fingerprint density at radius 2 is 2.29 bits per heavy atom. The molecule has 0 aliphatic carbocycles. The van der Waals surface area contributed by atoms with E-state index in [1.54, 1.807) is 0 Å². The third-order valence-corrected chi connectivity index (χ3v) is 5.08. The lowest BCUT2D eigenvalue weighted by Crippen LogP contribution is -2.37. The minimum Gasteiger partial charge on any atom is -0.459 e. The molecule has 0 bridgehead atoms. The van der Waals surface area contributed by atoms with Crippen LogP contribution in [-0.2, 0) is 0 Å². The third-order valence-electron chi connectivity index (χ3n) is 4.58. The summed E-state index contributed by atoms with van der Waals surface area (Å²) >= 11 is 3.52. The molecule has 0 radical (unpaired) electrons. The van der Waals surface area contributed by atoms with Crippen molar-refractivity contribution in [1.29, 1.82) is 0 Å². The number of hydrogen-bond acceptors (Lipinski definition) is 3. The summed E-state index contributed by atoms with van der Waals surface area (Å²) in [5.41, 5.74) is 6.68. The van der Waals surface area contributed by atoms with E-state index in [1.807, 2.05) is 12.1 Å². The van der Waals surface area contributed by atoms with Crippen molar-refractivity contribution in [3.8, 4) is 0 Å². The van der Waals surface area contributed by atoms with Gasteiger partial charge in [0.1, 0.15) is 11.3 Å². The number of halogens is 1. The van der Waals surface area contributed by atoms with E-state index in [2.05, 4.69) is 39.9 Å². The lowest BCUT2D eigenvalue weighted by molar-refractivity contribution is 0.117. The summed E-state index contributed by atoms with van der Waals surface area (Å²) in [6.07, 6.45) is 3.71. The van der Waals surface area contributed by atoms with Gasteiger partial charge in [0.2, 0.25) is 0 Å². The molecular weight excluding hydrogens is 328 g/mol. The van der Waals surface area contributed by atoms with Crippen LogP contribution in [0.15, 0.2) is 33.2 Å². The van der Waals surface area contributed by atoms with E-state index >= 15 is 0 Å². The number of furan rings is 1. The number of likely N-dealkylation sites (tertiary alicyclic amines) is 1. The minimum atomic E-state index is 0.330. The van der Waals surface area contributed by atoms with E-state index in [4.69, 9.17) is 10.2 Å². The Bertz CT molecular complexity index is 608. The molecule has 1 saturated heterocycles. The van der Waals surface area contributed by atoms with Crippen LogP contribution < -0.4 is 5.73 Å². The Hall–Kier alpha value is -0.840. The SMILES string of the molecule is CC(c1cc2cc(Br)ccc2o1)N1CCCC(CCN)C1. The molecule has 21 heavy (non-hydrogen) atoms. The van der Waals surface area contributed by atoms with Gasteiger partial charge in [0.05, 0.1) is 6.04 Å². The Kier molecular flexibility index (Phi) is 4.67. The highest BCUT2D eigenvalue weighted by Gasteiger charge is 2.25. The summed E-state index contributed by atoms with van der Waals surface area (Å²) in [6.45, 7) is 5.34. The first-order valence-electron chi connectivity index (χ1n) is 7.80. The molecule has 2 unspecified atom stereocenters. The predicted molar refractivity (Wildman–Crippen MR) is 90.3 cm³/mol. The quantitative estimate of drug-likeness (QED) is 0.892. The van der Waals surface area contributed by atoms with Gasteiger partial charge in [0, 0.05) is 16.4 Å². The van der Waals surface area contributed by atoms with Crippen molar-refractivity contribution in [2.24, 2.45) is 11.7 Å². The number of nitrogens with zero attached hydrogens (tertiary/aromatic N) is 1. The van der Waals surface area contributed by atoms with Crippen LogP contribution in [0.2, 0.25) is 0 Å². The molecule has 1 aromatic carbocycles. The van der Waals surface area contributed by atoms with Gasteiger partial charge in [-0.25, -0.2) is 0 Å². The van der Waals surface area contributed by atoms with Gasteiger partial charge in [0.25, 0.3) is 0 Å². The van der Waals surface area contributed by atoms with Crippen molar-refractivity contribution in [2.75, 3.05) is 19.6 Å². The Balaban J connectivity index is 1.77. The zero-order valence-corrected chi connectivity index (χ0v) is 14.1. The summed E-state index contributed by atoms with van der Waals surface area (Å²) in [5, 5.41) is 1.17. The van der Waals surface area contributed by atoms with E-state index in [1.165, 1.54) is 18.2 Å². The maximum atomic E-state index is 6.05. The zero-order valence-electron chi connectivity index (χ0n) is 12.5. The number of hydrogen-bond donors (Lipinski definition) is 1. The molecule has 114 valence electrons. The minimum absolute atomic E-state index is 0.330. The fourth-order valence-electron chi connectivity index (χ4n) is 3.34. The van der Waals surface area contributed by atoms with E-state index < -0.39 is 0 Å². The molecule has 4 heteroatoms. The number of fused-ring (bicyclic) bond motifs is 1. The lowest BCUT2D eigenvalue weighted by atomic mass is 9.93. The highest BCUT2D eigenvalue weighted by molar-refractivity contribution is 9.10. The molecule has 1 aromatic heterocycles. The summed E-state index contributed by atoms with van der Waals surface area (Å²) in [5.74, 6) is 1.81. The van der Waals surface area contributed by atoms with Crippen molar-refractivity contribution in [3.63, 3.8) is 0 Å². The normalized spacial score (nSPS) is 21.8. The molecule has 0 saturated carbocycles. The topological polar surface area (TPSA) is 42.4 Å². The van der Waals surface area contributed by atoms with Crippen molar-refractivity contribution >= 4 is 26.9 Å². The second-order valence-electron chi connectivity index (χ2n) is 6.09. The van der Waals surface area contributed by atoms with E-state index in [9.17, 15) is 0 Å². The second-order valence-corrected chi connectivity index (χ2v) is 7.00. The van der Waals surface area contributed by atoms with E-state index in [0.29, 0.717) is 6.04 Å². The smallest absolute Gasteiger partial charge is 0.134 e. The van der Waals surface area contributed by atoms with Gasteiger partial charge in [-0.05, 0) is 69.5 Å². The Labute approximate surface area is 134 Å². The second kappa shape index (κ2) is 6.51. The Morgan fingerprint density at radius 1 is 1.43 bits per heavy atom. The first-order valence-corrected chi connectivity index (χ1v) is 8.60. The van der Waals surface area contributed by atoms with Crippen LogP contribution in [0.3, 0.4) is 0 Å². The maximum absolute atomic E-state index is 6.05. The molecule has 0 spiro atoms. The largest absolute Gasteiger partial charge is 0.459 e. The molecule has 0 amide bonds. The van der Waals surface area contributed by atoms with Crippen LogP contribution in [0.4, 0.5) is 0 Å². The van der Waals surface area contributed by atoms with Crippen molar-refractivity contribution in [1.82, 2.24) is 4.90 Å². The molecule has 2 aromatic rings. The van der Waals surface area contributed by atoms with E-state index in [0.717, 1.165) is 47.8 Å². The van der Waals surface area contributed by atoms with Crippen LogP contribution >= 0.6 is 15.9 Å². The number of rotatable bonds is 4. The van der Waals surface area contributed by atoms with Gasteiger partial charge in [0.15, 0.2) is 0 Å². The van der Waals surface area contributed by atoms with Crippen LogP contribution in [-0.4, -0.2) is 24.5 Å². The summed E-state index contributed by atoms with van der Waals surface area (Å²) in [6, 6.07) is 8.68. The molecule has 1 aliphatic rings. The number of piperidine rings is 1. The van der Waals surface area contributed by atoms with Crippen LogP contribution in [0.5, 0.6) is 0 Å². The van der Waals surface area contributed by atoms with Gasteiger partial charge in [-0.15, -0.1) is 0 Å². The molecule has 2 heterocycles. The highest BCUT2D eigenvalue weighted by atomic mass is 79.9. The average molecular weight is 351 g/mol. The van der Waals surface area contributed by atoms with Crippen molar-refractivity contribution in [2.45, 2.75) is 32.2 Å². The van der Waals surface area contributed by atoms with Crippen molar-refractivity contribution in [3.05, 3.63) is 34.5 Å². The summed E-state index contributed by atoms with van der Waals surface area (Å²) in [7, 11) is 0. The monoisotopic (exact) mass is 350 g/mol. The van der Waals surface area contributed by atoms with Gasteiger partial charge in [-0.2, -0.15) is 0 Å². The number of nitrogens with two attached hydrogens (primary N) is 1. The predicted octanol–water partition coefficient (Wildman–Crippen LogP) is 4.32. The summed E-state index contributed by atoms with van der Waals surface area (Å²) in [4.78, 5) is 2.54. The summed E-state index contributed by atoms with van der Waals surface area (Å²) < 4.78 is 7.14. The van der Waals surface area contributed by atoms with Gasteiger partial charge >= 0.3 is 0 Å². The third kappa shape index (κ3) is 3.33.